The van der Waals surface area contributed by atoms with E-state index in [9.17, 15) is 14.0 Å². The maximum Gasteiger partial charge on any atom is 0.251 e. The van der Waals surface area contributed by atoms with Gasteiger partial charge in [-0.15, -0.1) is 10.2 Å². The molecule has 0 bridgehead atoms. The average Bonchev–Trinajstić information content (AvgIpc) is 3.46. The van der Waals surface area contributed by atoms with Gasteiger partial charge in [0.15, 0.2) is 22.5 Å². The van der Waals surface area contributed by atoms with E-state index in [1.807, 2.05) is 43.9 Å². The van der Waals surface area contributed by atoms with E-state index in [0.717, 1.165) is 24.1 Å². The fourth-order valence-corrected chi connectivity index (χ4v) is 5.98. The minimum absolute atomic E-state index is 0.0123. The summed E-state index contributed by atoms with van der Waals surface area (Å²) in [6.45, 7) is 7.38. The van der Waals surface area contributed by atoms with Crippen LogP contribution >= 0.6 is 11.8 Å². The van der Waals surface area contributed by atoms with Crippen LogP contribution in [0, 0.1) is 5.82 Å². The van der Waals surface area contributed by atoms with Gasteiger partial charge < -0.3 is 24.4 Å². The predicted octanol–water partition coefficient (Wildman–Crippen LogP) is 5.60. The van der Waals surface area contributed by atoms with Crippen molar-refractivity contribution in [3.05, 3.63) is 83.4 Å². The molecule has 236 valence electrons. The van der Waals surface area contributed by atoms with E-state index in [4.69, 9.17) is 14.2 Å². The summed E-state index contributed by atoms with van der Waals surface area (Å²) in [7, 11) is 0. The monoisotopic (exact) mass is 633 g/mol. The van der Waals surface area contributed by atoms with E-state index >= 15 is 0 Å². The summed E-state index contributed by atoms with van der Waals surface area (Å²) in [5, 5.41) is 12.0. The number of ether oxygens (including phenoxy) is 3. The molecule has 1 aliphatic rings. The summed E-state index contributed by atoms with van der Waals surface area (Å²) in [6.07, 6.45) is 1.84. The fourth-order valence-electron chi connectivity index (χ4n) is 5.14. The number of hydrogen-bond donors (Lipinski definition) is 1. The number of nitrogens with one attached hydrogen (secondary N) is 1. The highest BCUT2D eigenvalue weighted by Crippen LogP contribution is 2.39. The van der Waals surface area contributed by atoms with Crippen molar-refractivity contribution in [3.8, 4) is 22.9 Å². The molecular weight excluding hydrogens is 597 g/mol. The molecule has 2 heterocycles. The second-order valence-corrected chi connectivity index (χ2v) is 11.0. The van der Waals surface area contributed by atoms with E-state index in [-0.39, 0.29) is 29.9 Å². The molecule has 0 saturated heterocycles. The zero-order chi connectivity index (χ0) is 31.8. The third kappa shape index (κ3) is 7.39. The Morgan fingerprint density at radius 2 is 1.62 bits per heavy atom. The van der Waals surface area contributed by atoms with Crippen LogP contribution in [-0.4, -0.2) is 58.7 Å². The highest BCUT2D eigenvalue weighted by molar-refractivity contribution is 7.99. The first kappa shape index (κ1) is 31.8. The molecule has 1 aliphatic heterocycles. The number of fused-ring (bicyclic) bond motifs is 1. The summed E-state index contributed by atoms with van der Waals surface area (Å²) in [5.74, 6) is 0.984. The molecule has 45 heavy (non-hydrogen) atoms. The Hall–Kier alpha value is -4.58. The summed E-state index contributed by atoms with van der Waals surface area (Å²) in [6, 6.07) is 17.1. The van der Waals surface area contributed by atoms with Crippen LogP contribution in [0.4, 0.5) is 10.1 Å². The molecule has 0 atom stereocenters. The Morgan fingerprint density at radius 1 is 0.933 bits per heavy atom. The van der Waals surface area contributed by atoms with Gasteiger partial charge in [-0.05, 0) is 81.6 Å². The molecule has 0 aliphatic carbocycles. The Morgan fingerprint density at radius 3 is 2.31 bits per heavy atom. The number of amides is 2. The molecule has 3 aromatic carbocycles. The topological polar surface area (TPSA) is 108 Å². The van der Waals surface area contributed by atoms with Gasteiger partial charge in [0.2, 0.25) is 11.7 Å². The number of para-hydroxylation sites is 1. The third-order valence-corrected chi connectivity index (χ3v) is 8.01. The molecule has 0 spiro atoms. The molecule has 0 saturated carbocycles. The number of aromatic nitrogens is 3. The number of carbonyl (C=O) groups excluding carboxylic acids is 2. The van der Waals surface area contributed by atoms with E-state index in [2.05, 4.69) is 21.6 Å². The fraction of sp³-hybridized carbons (Fsp3) is 0.333. The van der Waals surface area contributed by atoms with Crippen molar-refractivity contribution in [2.45, 2.75) is 45.3 Å². The van der Waals surface area contributed by atoms with Crippen LogP contribution in [0.5, 0.6) is 17.2 Å². The minimum Gasteiger partial charge on any atom is -0.490 e. The maximum atomic E-state index is 13.8. The zero-order valence-corrected chi connectivity index (χ0v) is 26.4. The first-order valence-corrected chi connectivity index (χ1v) is 16.0. The molecule has 0 radical (unpaired) electrons. The van der Waals surface area contributed by atoms with Crippen LogP contribution in [0.25, 0.3) is 5.69 Å². The lowest BCUT2D eigenvalue weighted by Gasteiger charge is -2.29. The predicted molar refractivity (Wildman–Crippen MR) is 170 cm³/mol. The summed E-state index contributed by atoms with van der Waals surface area (Å²) in [4.78, 5) is 28.5. The van der Waals surface area contributed by atoms with E-state index in [1.54, 1.807) is 28.8 Å². The van der Waals surface area contributed by atoms with Gasteiger partial charge in [0.1, 0.15) is 5.82 Å². The molecule has 12 heteroatoms. The van der Waals surface area contributed by atoms with Gasteiger partial charge in [-0.25, -0.2) is 4.39 Å². The van der Waals surface area contributed by atoms with Gasteiger partial charge in [0.25, 0.3) is 5.91 Å². The SMILES string of the molecule is CCOc1cc(C(=O)NCc2nnc(SCC(=O)N3CCCc4ccccc43)n2-c2ccc(F)cc2)cc(OCC)c1OCC. The second-order valence-electron chi connectivity index (χ2n) is 10.1. The number of hydrogen-bond acceptors (Lipinski definition) is 8. The van der Waals surface area contributed by atoms with E-state index < -0.39 is 0 Å². The van der Waals surface area contributed by atoms with Crippen molar-refractivity contribution in [1.82, 2.24) is 20.1 Å². The number of benzene rings is 3. The van der Waals surface area contributed by atoms with Gasteiger partial charge in [-0.1, -0.05) is 30.0 Å². The zero-order valence-electron chi connectivity index (χ0n) is 25.5. The second kappa shape index (κ2) is 14.9. The molecule has 0 fully saturated rings. The van der Waals surface area contributed by atoms with Crippen molar-refractivity contribution in [3.63, 3.8) is 0 Å². The summed E-state index contributed by atoms with van der Waals surface area (Å²) in [5.41, 5.74) is 3.01. The first-order valence-electron chi connectivity index (χ1n) is 15.0. The highest BCUT2D eigenvalue weighted by atomic mass is 32.2. The Balaban J connectivity index is 1.36. The lowest BCUT2D eigenvalue weighted by Crippen LogP contribution is -2.36. The standard InChI is InChI=1S/C33H36FN5O5S/c1-4-42-27-18-23(19-28(43-5-2)31(27)44-6-3)32(41)35-20-29-36-37-33(39(29)25-15-13-24(34)14-16-25)45-21-30(40)38-17-9-11-22-10-7-8-12-26(22)38/h7-8,10,12-16,18-19H,4-6,9,11,17,20-21H2,1-3H3,(H,35,41). The normalized spacial score (nSPS) is 12.4. The maximum absolute atomic E-state index is 13.8. The molecule has 4 aromatic rings. The van der Waals surface area contributed by atoms with Crippen LogP contribution in [0.2, 0.25) is 0 Å². The van der Waals surface area contributed by atoms with Gasteiger partial charge in [0, 0.05) is 23.5 Å². The van der Waals surface area contributed by atoms with Gasteiger partial charge in [-0.2, -0.15) is 0 Å². The lowest BCUT2D eigenvalue weighted by molar-refractivity contribution is -0.116. The van der Waals surface area contributed by atoms with Crippen molar-refractivity contribution in [2.24, 2.45) is 0 Å². The van der Waals surface area contributed by atoms with Crippen LogP contribution in [0.3, 0.4) is 0 Å². The van der Waals surface area contributed by atoms with Crippen LogP contribution in [0.15, 0.2) is 65.8 Å². The first-order chi connectivity index (χ1) is 21.9. The smallest absolute Gasteiger partial charge is 0.251 e. The minimum atomic E-state index is -0.388. The highest BCUT2D eigenvalue weighted by Gasteiger charge is 2.24. The van der Waals surface area contributed by atoms with Gasteiger partial charge in [-0.3, -0.25) is 14.2 Å². The third-order valence-electron chi connectivity index (χ3n) is 7.10. The van der Waals surface area contributed by atoms with Gasteiger partial charge >= 0.3 is 0 Å². The Kier molecular flexibility index (Phi) is 10.6. The van der Waals surface area contributed by atoms with Gasteiger partial charge in [0.05, 0.1) is 32.1 Å². The van der Waals surface area contributed by atoms with Crippen molar-refractivity contribution >= 4 is 29.3 Å². The number of aryl methyl sites for hydroxylation is 1. The summed E-state index contributed by atoms with van der Waals surface area (Å²) < 4.78 is 32.8. The number of halogens is 1. The Labute approximate surface area is 265 Å². The number of nitrogens with zero attached hydrogens (tertiary/aromatic N) is 4. The van der Waals surface area contributed by atoms with Crippen LogP contribution in [-0.2, 0) is 17.8 Å². The van der Waals surface area contributed by atoms with E-state index in [0.29, 0.717) is 65.8 Å². The van der Waals surface area contributed by atoms with E-state index in [1.165, 1.54) is 23.9 Å². The van der Waals surface area contributed by atoms with Crippen molar-refractivity contribution < 1.29 is 28.2 Å². The Bertz CT molecular complexity index is 1620. The number of anilines is 1. The largest absolute Gasteiger partial charge is 0.490 e. The summed E-state index contributed by atoms with van der Waals surface area (Å²) >= 11 is 1.24. The molecule has 1 aromatic heterocycles. The molecule has 5 rings (SSSR count). The molecule has 1 N–H and O–H groups in total. The quantitative estimate of drug-likeness (QED) is 0.190. The molecule has 2 amide bonds. The average molecular weight is 634 g/mol. The molecule has 10 nitrogen and oxygen atoms in total. The molecule has 0 unspecified atom stereocenters. The number of carbonyl (C=O) groups is 2. The number of rotatable bonds is 13. The van der Waals surface area contributed by atoms with Crippen molar-refractivity contribution in [1.29, 1.82) is 0 Å². The van der Waals surface area contributed by atoms with Crippen molar-refractivity contribution in [2.75, 3.05) is 37.0 Å². The number of thioether (sulfide) groups is 1. The van der Waals surface area contributed by atoms with Crippen LogP contribution in [0.1, 0.15) is 48.9 Å². The van der Waals surface area contributed by atoms with Crippen LogP contribution < -0.4 is 24.4 Å². The lowest BCUT2D eigenvalue weighted by atomic mass is 10.0. The molecular formula is C33H36FN5O5S.